The third-order valence-corrected chi connectivity index (χ3v) is 9.33. The molecule has 0 aromatic heterocycles. The van der Waals surface area contributed by atoms with Crippen molar-refractivity contribution in [3.8, 4) is 11.1 Å². The molecule has 1 amide bonds. The molecule has 1 atom stereocenters. The van der Waals surface area contributed by atoms with Crippen molar-refractivity contribution in [1.29, 1.82) is 0 Å². The normalized spacial score (nSPS) is 14.5. The van der Waals surface area contributed by atoms with Crippen molar-refractivity contribution in [3.05, 3.63) is 95.1 Å². The second-order valence-electron chi connectivity index (χ2n) is 12.7. The standard InChI is InChI=1S/C33H38F2NO7P/c1-31(2,3)42-44(40,43-32(4,5)6)33(34,35)22-17-15-21(16-18-22)19-28(29(37)38)36-30(39)41-20-27-25-13-9-7-11-23(25)24-12-8-10-14-26(24)27/h7-18,27-28H,19-20H2,1-6H3,(H,36,39)(H,37,38)/t28-/m1/s1. The van der Waals surface area contributed by atoms with Crippen LogP contribution in [0.5, 0.6) is 0 Å². The van der Waals surface area contributed by atoms with E-state index in [0.29, 0.717) is 5.56 Å². The molecule has 8 nitrogen and oxygen atoms in total. The first-order valence-corrected chi connectivity index (χ1v) is 15.8. The molecular formula is C33H38F2NO7P. The minimum absolute atomic E-state index is 0.00328. The lowest BCUT2D eigenvalue weighted by Gasteiger charge is -2.36. The van der Waals surface area contributed by atoms with Crippen LogP contribution in [0.25, 0.3) is 11.1 Å². The van der Waals surface area contributed by atoms with Gasteiger partial charge in [-0.05, 0) is 69.4 Å². The van der Waals surface area contributed by atoms with Crippen molar-refractivity contribution in [1.82, 2.24) is 5.32 Å². The Hall–Kier alpha value is -3.59. The van der Waals surface area contributed by atoms with Crippen LogP contribution in [-0.4, -0.2) is 41.0 Å². The number of alkyl halides is 2. The first-order chi connectivity index (χ1) is 20.4. The van der Waals surface area contributed by atoms with Crippen molar-refractivity contribution in [2.45, 2.75) is 76.8 Å². The maximum absolute atomic E-state index is 15.7. The Kier molecular flexibility index (Phi) is 9.40. The van der Waals surface area contributed by atoms with Gasteiger partial charge in [-0.3, -0.25) is 13.6 Å². The Bertz CT molecular complexity index is 1500. The van der Waals surface area contributed by atoms with Crippen molar-refractivity contribution in [2.24, 2.45) is 0 Å². The molecule has 1 aliphatic carbocycles. The number of amides is 1. The number of benzene rings is 3. The molecule has 0 radical (unpaired) electrons. The Morgan fingerprint density at radius 2 is 1.32 bits per heavy atom. The molecule has 0 fully saturated rings. The zero-order chi connectivity index (χ0) is 32.5. The molecule has 0 bridgehead atoms. The number of ether oxygens (including phenoxy) is 1. The van der Waals surface area contributed by atoms with Gasteiger partial charge in [-0.1, -0.05) is 72.8 Å². The number of fused-ring (bicyclic) bond motifs is 3. The van der Waals surface area contributed by atoms with Crippen LogP contribution in [0.1, 0.15) is 69.7 Å². The van der Waals surface area contributed by atoms with Gasteiger partial charge in [-0.2, -0.15) is 8.78 Å². The molecule has 0 spiro atoms. The van der Waals surface area contributed by atoms with E-state index in [2.05, 4.69) is 5.32 Å². The maximum Gasteiger partial charge on any atom is 0.407 e. The van der Waals surface area contributed by atoms with Gasteiger partial charge in [0.2, 0.25) is 0 Å². The van der Waals surface area contributed by atoms with E-state index in [1.165, 1.54) is 53.7 Å². The largest absolute Gasteiger partial charge is 0.480 e. The number of hydrogen-bond donors (Lipinski definition) is 2. The first-order valence-electron chi connectivity index (χ1n) is 14.2. The SMILES string of the molecule is CC(C)(C)OP(=O)(OC(C)(C)C)C(F)(F)c1ccc(C[C@@H](NC(=O)OCC2c3ccccc3-c3ccccc32)C(=O)O)cc1. The summed E-state index contributed by atoms with van der Waals surface area (Å²) in [7, 11) is -5.02. The summed E-state index contributed by atoms with van der Waals surface area (Å²) in [5.41, 5.74) is -2.52. The highest BCUT2D eigenvalue weighted by molar-refractivity contribution is 7.54. The minimum Gasteiger partial charge on any atom is -0.480 e. The highest BCUT2D eigenvalue weighted by Crippen LogP contribution is 2.69. The van der Waals surface area contributed by atoms with Crippen molar-refractivity contribution in [3.63, 3.8) is 0 Å². The number of carboxylic acids is 1. The Balaban J connectivity index is 1.44. The molecule has 11 heteroatoms. The summed E-state index contributed by atoms with van der Waals surface area (Å²) >= 11 is 0. The highest BCUT2D eigenvalue weighted by atomic mass is 31.2. The number of carbonyl (C=O) groups is 2. The summed E-state index contributed by atoms with van der Waals surface area (Å²) in [5, 5.41) is 12.1. The number of hydrogen-bond acceptors (Lipinski definition) is 6. The van der Waals surface area contributed by atoms with Gasteiger partial charge in [-0.25, -0.2) is 9.59 Å². The van der Waals surface area contributed by atoms with E-state index in [0.717, 1.165) is 34.4 Å². The summed E-state index contributed by atoms with van der Waals surface area (Å²) in [6, 6.07) is 18.9. The highest BCUT2D eigenvalue weighted by Gasteiger charge is 2.58. The van der Waals surface area contributed by atoms with Gasteiger partial charge in [0.15, 0.2) is 0 Å². The van der Waals surface area contributed by atoms with Crippen molar-refractivity contribution in [2.75, 3.05) is 6.61 Å². The lowest BCUT2D eigenvalue weighted by atomic mass is 9.98. The molecule has 0 aliphatic heterocycles. The predicted molar refractivity (Wildman–Crippen MR) is 163 cm³/mol. The van der Waals surface area contributed by atoms with E-state index in [-0.39, 0.29) is 18.9 Å². The summed E-state index contributed by atoms with van der Waals surface area (Å²) in [4.78, 5) is 24.7. The fourth-order valence-electron chi connectivity index (χ4n) is 5.07. The average Bonchev–Trinajstić information content (AvgIpc) is 3.23. The number of carboxylic acid groups (broad SMARTS) is 1. The number of rotatable bonds is 10. The Labute approximate surface area is 256 Å². The second-order valence-corrected chi connectivity index (χ2v) is 14.6. The van der Waals surface area contributed by atoms with Gasteiger partial charge in [-0.15, -0.1) is 0 Å². The first kappa shape index (κ1) is 33.3. The average molecular weight is 630 g/mol. The van der Waals surface area contributed by atoms with Crippen LogP contribution in [0.3, 0.4) is 0 Å². The summed E-state index contributed by atoms with van der Waals surface area (Å²) in [6.45, 7) is 9.01. The molecule has 1 aliphatic rings. The fourth-order valence-corrected chi connectivity index (χ4v) is 7.25. The van der Waals surface area contributed by atoms with Gasteiger partial charge in [0, 0.05) is 17.9 Å². The third kappa shape index (κ3) is 7.54. The molecule has 0 heterocycles. The second kappa shape index (κ2) is 12.4. The lowest BCUT2D eigenvalue weighted by molar-refractivity contribution is -0.139. The zero-order valence-corrected chi connectivity index (χ0v) is 26.5. The monoisotopic (exact) mass is 629 g/mol. The van der Waals surface area contributed by atoms with Crippen LogP contribution < -0.4 is 5.32 Å². The molecule has 3 aromatic rings. The molecule has 236 valence electrons. The topological polar surface area (TPSA) is 111 Å². The number of carbonyl (C=O) groups excluding carboxylic acids is 1. The molecule has 0 saturated carbocycles. The van der Waals surface area contributed by atoms with Crippen molar-refractivity contribution < 1.29 is 41.8 Å². The van der Waals surface area contributed by atoms with Crippen LogP contribution in [-0.2, 0) is 35.2 Å². The summed E-state index contributed by atoms with van der Waals surface area (Å²) < 4.78 is 61.0. The molecule has 0 saturated heterocycles. The van der Waals surface area contributed by atoms with E-state index >= 15 is 8.78 Å². The van der Waals surface area contributed by atoms with Gasteiger partial charge >= 0.3 is 25.3 Å². The number of aliphatic carboxylic acids is 1. The molecule has 0 unspecified atom stereocenters. The summed E-state index contributed by atoms with van der Waals surface area (Å²) in [6.07, 6.45) is -1.12. The predicted octanol–water partition coefficient (Wildman–Crippen LogP) is 8.09. The Morgan fingerprint density at radius 3 is 1.77 bits per heavy atom. The van der Waals surface area contributed by atoms with Crippen LogP contribution in [0.2, 0.25) is 0 Å². The van der Waals surface area contributed by atoms with E-state index < -0.39 is 48.1 Å². The molecule has 3 aromatic carbocycles. The van der Waals surface area contributed by atoms with Gasteiger partial charge < -0.3 is 15.2 Å². The summed E-state index contributed by atoms with van der Waals surface area (Å²) in [5.74, 6) is -1.53. The van der Waals surface area contributed by atoms with Gasteiger partial charge in [0.25, 0.3) is 0 Å². The van der Waals surface area contributed by atoms with Crippen LogP contribution >= 0.6 is 7.60 Å². The quantitative estimate of drug-likeness (QED) is 0.218. The van der Waals surface area contributed by atoms with Crippen molar-refractivity contribution >= 4 is 19.7 Å². The fraction of sp³-hybridized carbons (Fsp3) is 0.394. The van der Waals surface area contributed by atoms with Crippen LogP contribution in [0, 0.1) is 0 Å². The smallest absolute Gasteiger partial charge is 0.407 e. The number of alkyl carbamates (subject to hydrolysis) is 1. The zero-order valence-electron chi connectivity index (χ0n) is 25.6. The van der Waals surface area contributed by atoms with E-state index in [1.807, 2.05) is 48.5 Å². The van der Waals surface area contributed by atoms with E-state index in [1.54, 1.807) is 0 Å². The maximum atomic E-state index is 15.7. The molecular weight excluding hydrogens is 591 g/mol. The number of nitrogens with one attached hydrogen (secondary N) is 1. The molecule has 2 N–H and O–H groups in total. The molecule has 4 rings (SSSR count). The van der Waals surface area contributed by atoms with Gasteiger partial charge in [0.1, 0.15) is 12.6 Å². The van der Waals surface area contributed by atoms with Crippen LogP contribution in [0.15, 0.2) is 72.8 Å². The number of halogens is 2. The third-order valence-electron chi connectivity index (χ3n) is 6.81. The minimum atomic E-state index is -5.02. The Morgan fingerprint density at radius 1 is 0.841 bits per heavy atom. The lowest BCUT2D eigenvalue weighted by Crippen LogP contribution is -2.42. The van der Waals surface area contributed by atoms with Crippen LogP contribution in [0.4, 0.5) is 13.6 Å². The van der Waals surface area contributed by atoms with E-state index in [4.69, 9.17) is 13.8 Å². The van der Waals surface area contributed by atoms with E-state index in [9.17, 15) is 19.3 Å². The molecule has 44 heavy (non-hydrogen) atoms. The van der Waals surface area contributed by atoms with Gasteiger partial charge in [0.05, 0.1) is 11.2 Å².